The van der Waals surface area contributed by atoms with Gasteiger partial charge in [0.25, 0.3) is 0 Å². The van der Waals surface area contributed by atoms with Crippen LogP contribution in [-0.4, -0.2) is 69.4 Å². The summed E-state index contributed by atoms with van der Waals surface area (Å²) in [5, 5.41) is 0. The van der Waals surface area contributed by atoms with Crippen LogP contribution in [0.2, 0.25) is 0 Å². The summed E-state index contributed by atoms with van der Waals surface area (Å²) in [5.41, 5.74) is -2.82. The van der Waals surface area contributed by atoms with Gasteiger partial charge < -0.3 is 19.3 Å². The van der Waals surface area contributed by atoms with Crippen molar-refractivity contribution in [3.8, 4) is 0 Å². The molecule has 6 atom stereocenters. The second kappa shape index (κ2) is 13.3. The number of fused-ring (bicyclic) bond motifs is 2. The molecule has 10 nitrogen and oxygen atoms in total. The first-order chi connectivity index (χ1) is 23.7. The van der Waals surface area contributed by atoms with Gasteiger partial charge in [-0.3, -0.25) is 28.8 Å². The molecule has 2 aromatic rings. The van der Waals surface area contributed by atoms with Crippen molar-refractivity contribution in [1.82, 2.24) is 9.80 Å². The average molecular weight is 701 g/mol. The molecule has 4 aliphatic rings. The molecule has 2 heterocycles. The number of carbonyl (C=O) groups excluding carboxylic acids is 6. The fourth-order valence-corrected chi connectivity index (χ4v) is 8.21. The second-order valence-electron chi connectivity index (χ2n) is 16.8. The van der Waals surface area contributed by atoms with Crippen molar-refractivity contribution < 1.29 is 38.2 Å². The molecule has 2 aliphatic carbocycles. The summed E-state index contributed by atoms with van der Waals surface area (Å²) in [6.45, 7) is 16.8. The van der Waals surface area contributed by atoms with E-state index in [0.717, 1.165) is 11.1 Å². The van der Waals surface area contributed by atoms with Crippen molar-refractivity contribution in [2.24, 2.45) is 22.2 Å². The topological polar surface area (TPSA) is 127 Å². The predicted molar refractivity (Wildman–Crippen MR) is 190 cm³/mol. The Morgan fingerprint density at radius 3 is 1.71 bits per heavy atom. The maximum Gasteiger partial charge on any atom is 0.315 e. The van der Waals surface area contributed by atoms with E-state index < -0.39 is 45.3 Å². The first-order valence-corrected chi connectivity index (χ1v) is 17.9. The van der Waals surface area contributed by atoms with Gasteiger partial charge in [-0.05, 0) is 86.3 Å². The molecule has 2 saturated carbocycles. The van der Waals surface area contributed by atoms with Crippen LogP contribution in [0.5, 0.6) is 0 Å². The Morgan fingerprint density at radius 1 is 0.706 bits per heavy atom. The van der Waals surface area contributed by atoms with Crippen LogP contribution in [0.15, 0.2) is 60.7 Å². The highest BCUT2D eigenvalue weighted by Crippen LogP contribution is 2.58. The molecule has 2 aliphatic heterocycles. The van der Waals surface area contributed by atoms with Crippen molar-refractivity contribution in [2.45, 2.75) is 111 Å². The van der Waals surface area contributed by atoms with E-state index in [1.54, 1.807) is 58.3 Å². The van der Waals surface area contributed by atoms with Crippen LogP contribution in [0, 0.1) is 22.2 Å². The zero-order chi connectivity index (χ0) is 37.7. The maximum atomic E-state index is 13.3. The Morgan fingerprint density at radius 2 is 1.20 bits per heavy atom. The Labute approximate surface area is 301 Å². The number of rotatable bonds is 6. The number of hydrogen-bond acceptors (Lipinski definition) is 8. The normalized spacial score (nSPS) is 28.5. The van der Waals surface area contributed by atoms with Gasteiger partial charge in [-0.1, -0.05) is 60.7 Å². The summed E-state index contributed by atoms with van der Waals surface area (Å²) in [6, 6.07) is 18.9. The minimum Gasteiger partial charge on any atom is -0.459 e. The van der Waals surface area contributed by atoms with Crippen molar-refractivity contribution in [1.29, 1.82) is 0 Å². The van der Waals surface area contributed by atoms with Gasteiger partial charge in [-0.25, -0.2) is 0 Å². The zero-order valence-corrected chi connectivity index (χ0v) is 31.4. The zero-order valence-electron chi connectivity index (χ0n) is 31.4. The van der Waals surface area contributed by atoms with Gasteiger partial charge in [-0.15, -0.1) is 0 Å². The molecule has 4 fully saturated rings. The van der Waals surface area contributed by atoms with E-state index in [2.05, 4.69) is 0 Å². The van der Waals surface area contributed by atoms with Crippen LogP contribution in [0.25, 0.3) is 0 Å². The number of hydrogen-bond donors (Lipinski definition) is 0. The lowest BCUT2D eigenvalue weighted by molar-refractivity contribution is -0.173. The third-order valence-electron chi connectivity index (χ3n) is 11.2. The number of Topliss-reactive ketones (excluding diaryl/α,β-unsaturated/α-hetero) is 2. The second-order valence-corrected chi connectivity index (χ2v) is 16.8. The van der Waals surface area contributed by atoms with Gasteiger partial charge in [0.15, 0.2) is 0 Å². The first-order valence-electron chi connectivity index (χ1n) is 17.9. The Bertz CT molecular complexity index is 1710. The van der Waals surface area contributed by atoms with Gasteiger partial charge in [-0.2, -0.15) is 0 Å². The lowest BCUT2D eigenvalue weighted by Crippen LogP contribution is -2.48. The molecule has 10 heteroatoms. The van der Waals surface area contributed by atoms with Gasteiger partial charge in [0.1, 0.15) is 44.9 Å². The molecule has 0 aromatic heterocycles. The highest BCUT2D eigenvalue weighted by molar-refractivity contribution is 6.14. The third-order valence-corrected chi connectivity index (χ3v) is 11.2. The van der Waals surface area contributed by atoms with Crippen molar-refractivity contribution in [2.75, 3.05) is 13.1 Å². The van der Waals surface area contributed by atoms with Crippen LogP contribution >= 0.6 is 0 Å². The van der Waals surface area contributed by atoms with E-state index in [-0.39, 0.29) is 61.4 Å². The number of carbonyl (C=O) groups is 6. The molecule has 1 unspecified atom stereocenters. The fraction of sp³-hybridized carbons (Fsp3) is 0.561. The largest absolute Gasteiger partial charge is 0.459 e. The van der Waals surface area contributed by atoms with Crippen molar-refractivity contribution >= 4 is 35.3 Å². The van der Waals surface area contributed by atoms with Gasteiger partial charge in [0.2, 0.25) is 11.8 Å². The van der Waals surface area contributed by atoms with Gasteiger partial charge >= 0.3 is 11.9 Å². The summed E-state index contributed by atoms with van der Waals surface area (Å²) < 4.78 is 11.2. The average Bonchev–Trinajstić information content (AvgIpc) is 3.73. The van der Waals surface area contributed by atoms with Crippen molar-refractivity contribution in [3.05, 3.63) is 71.8 Å². The Kier molecular flexibility index (Phi) is 9.91. The van der Waals surface area contributed by atoms with Crippen LogP contribution in [0.1, 0.15) is 111 Å². The molecule has 6 rings (SSSR count). The van der Waals surface area contributed by atoms with E-state index in [0.29, 0.717) is 12.8 Å². The van der Waals surface area contributed by atoms with Gasteiger partial charge in [0, 0.05) is 25.9 Å². The summed E-state index contributed by atoms with van der Waals surface area (Å²) in [5.74, 6) is -2.56. The minimum atomic E-state index is -1.33. The molecule has 2 amide bonds. The molecule has 51 heavy (non-hydrogen) atoms. The van der Waals surface area contributed by atoms with E-state index in [1.807, 2.05) is 74.5 Å². The molecular formula is C41H52N2O8. The lowest BCUT2D eigenvalue weighted by atomic mass is 9.68. The summed E-state index contributed by atoms with van der Waals surface area (Å²) >= 11 is 0. The summed E-state index contributed by atoms with van der Waals surface area (Å²) in [7, 11) is 0. The van der Waals surface area contributed by atoms with E-state index in [9.17, 15) is 28.8 Å². The molecule has 2 aromatic carbocycles. The highest BCUT2D eigenvalue weighted by atomic mass is 16.6. The van der Waals surface area contributed by atoms with Crippen LogP contribution < -0.4 is 0 Å². The molecule has 274 valence electrons. The number of benzene rings is 2. The molecule has 0 bridgehead atoms. The summed E-state index contributed by atoms with van der Waals surface area (Å²) in [6.07, 6.45) is 1.26. The molecule has 2 saturated heterocycles. The lowest BCUT2D eigenvalue weighted by Gasteiger charge is -2.34. The minimum absolute atomic E-state index is 0.140. The number of nitrogens with zero attached hydrogens (tertiary/aromatic N) is 2. The number of ketones is 2. The van der Waals surface area contributed by atoms with Gasteiger partial charge in [0.05, 0.1) is 12.1 Å². The number of esters is 2. The van der Waals surface area contributed by atoms with Crippen LogP contribution in [-0.2, 0) is 38.2 Å². The van der Waals surface area contributed by atoms with E-state index >= 15 is 0 Å². The van der Waals surface area contributed by atoms with Crippen LogP contribution in [0.3, 0.4) is 0 Å². The first kappa shape index (κ1) is 37.9. The van der Waals surface area contributed by atoms with E-state index in [1.165, 1.54) is 0 Å². The van der Waals surface area contributed by atoms with Crippen LogP contribution in [0.4, 0.5) is 0 Å². The fourth-order valence-electron chi connectivity index (χ4n) is 8.21. The standard InChI is InChI=1S/C21H27NO4.C20H25NO4/c1-14(15-9-7-6-8-10-15)22-13-21(18(25)26-19(2,3)4)12-11-16(23)20(21,5)17(22)24;1-13(14-8-6-5-7-9-14)21-12-20(18(24)25-19(2,3)4)11-10-15(22)16(20)17(21)23/h6-10,14H,11-13H2,1-5H3;5-9,13,16H,10-12H2,1-4H3/t14-,20-,21+;13-,16?,20-/m11/s1. The molecular weight excluding hydrogens is 648 g/mol. The SMILES string of the molecule is C[C@H](c1ccccc1)N1C[C@]2(C(=O)OC(C)(C)C)CCC(=O)C2C1=O.C[C@H](c1ccccc1)N1C[C@]2(C(=O)OC(C)(C)C)CCC(=O)[C@]2(C)C1=O. The predicted octanol–water partition coefficient (Wildman–Crippen LogP) is 6.18. The molecule has 0 radical (unpaired) electrons. The molecule has 0 N–H and O–H groups in total. The van der Waals surface area contributed by atoms with Crippen molar-refractivity contribution in [3.63, 3.8) is 0 Å². The number of amides is 2. The number of ether oxygens (including phenoxy) is 2. The van der Waals surface area contributed by atoms with E-state index in [4.69, 9.17) is 9.47 Å². The molecule has 0 spiro atoms. The smallest absolute Gasteiger partial charge is 0.315 e. The highest BCUT2D eigenvalue weighted by Gasteiger charge is 2.73. The summed E-state index contributed by atoms with van der Waals surface area (Å²) in [4.78, 5) is 80.8. The Balaban J connectivity index is 0.000000198. The monoisotopic (exact) mass is 700 g/mol. The maximum absolute atomic E-state index is 13.3. The number of likely N-dealkylation sites (tertiary alicyclic amines) is 2. The quantitative estimate of drug-likeness (QED) is 0.258. The Hall–Kier alpha value is -4.34. The third kappa shape index (κ3) is 6.62.